The molecule has 0 saturated heterocycles. The van der Waals surface area contributed by atoms with Crippen molar-refractivity contribution in [3.63, 3.8) is 0 Å². The summed E-state index contributed by atoms with van der Waals surface area (Å²) in [5.74, 6) is 0.0343. The van der Waals surface area contributed by atoms with E-state index in [4.69, 9.17) is 15.6 Å². The zero-order valence-corrected chi connectivity index (χ0v) is 11.9. The molecule has 0 amide bonds. The van der Waals surface area contributed by atoms with E-state index in [1.807, 2.05) is 0 Å². The van der Waals surface area contributed by atoms with Crippen molar-refractivity contribution in [1.82, 2.24) is 4.31 Å². The highest BCUT2D eigenvalue weighted by Crippen LogP contribution is 2.28. The highest BCUT2D eigenvalue weighted by molar-refractivity contribution is 7.89. The molecule has 0 heterocycles. The molecule has 1 aromatic rings. The summed E-state index contributed by atoms with van der Waals surface area (Å²) in [4.78, 5) is -0.397. The van der Waals surface area contributed by atoms with E-state index in [1.54, 1.807) is 0 Å². The van der Waals surface area contributed by atoms with E-state index < -0.39 is 40.8 Å². The number of sulfonamides is 1. The lowest BCUT2D eigenvalue weighted by Gasteiger charge is -2.22. The molecule has 21 heavy (non-hydrogen) atoms. The van der Waals surface area contributed by atoms with Gasteiger partial charge in [0.25, 0.3) is 0 Å². The molecule has 0 saturated carbocycles. The van der Waals surface area contributed by atoms with Gasteiger partial charge in [0.05, 0.1) is 24.3 Å². The molecule has 1 aromatic carbocycles. The number of alkyl halides is 3. The lowest BCUT2D eigenvalue weighted by atomic mass is 10.3. The number of rotatable bonds is 6. The van der Waals surface area contributed by atoms with Crippen LogP contribution < -0.4 is 10.5 Å². The molecule has 3 N–H and O–H groups in total. The van der Waals surface area contributed by atoms with Gasteiger partial charge in [0.15, 0.2) is 0 Å². The minimum Gasteiger partial charge on any atom is -0.495 e. The van der Waals surface area contributed by atoms with E-state index in [9.17, 15) is 21.6 Å². The van der Waals surface area contributed by atoms with Gasteiger partial charge in [-0.3, -0.25) is 0 Å². The second kappa shape index (κ2) is 6.50. The van der Waals surface area contributed by atoms with Crippen LogP contribution in [0.4, 0.5) is 18.9 Å². The van der Waals surface area contributed by atoms with Crippen molar-refractivity contribution in [2.24, 2.45) is 0 Å². The number of aliphatic hydroxyl groups is 1. The number of aliphatic hydroxyl groups excluding tert-OH is 1. The summed E-state index contributed by atoms with van der Waals surface area (Å²) in [6.07, 6.45) is -4.72. The van der Waals surface area contributed by atoms with E-state index in [-0.39, 0.29) is 15.7 Å². The van der Waals surface area contributed by atoms with Crippen LogP contribution in [0.2, 0.25) is 0 Å². The summed E-state index contributed by atoms with van der Waals surface area (Å²) < 4.78 is 66.7. The van der Waals surface area contributed by atoms with Crippen LogP contribution in [0.1, 0.15) is 0 Å². The summed E-state index contributed by atoms with van der Waals surface area (Å²) in [7, 11) is -3.17. The Bertz CT molecular complexity index is 590. The van der Waals surface area contributed by atoms with Crippen molar-refractivity contribution in [2.45, 2.75) is 11.1 Å². The Kier molecular flexibility index (Phi) is 5.42. The van der Waals surface area contributed by atoms with Crippen LogP contribution in [0.25, 0.3) is 0 Å². The molecule has 120 valence electrons. The fourth-order valence-electron chi connectivity index (χ4n) is 1.60. The number of nitrogens with zero attached hydrogens (tertiary/aromatic N) is 1. The number of ether oxygens (including phenoxy) is 1. The number of hydrogen-bond acceptors (Lipinski definition) is 5. The Morgan fingerprint density at radius 2 is 2.00 bits per heavy atom. The van der Waals surface area contributed by atoms with Gasteiger partial charge in [-0.05, 0) is 12.1 Å². The van der Waals surface area contributed by atoms with Gasteiger partial charge in [0, 0.05) is 12.6 Å². The zero-order chi connectivity index (χ0) is 16.3. The van der Waals surface area contributed by atoms with Gasteiger partial charge >= 0.3 is 6.18 Å². The van der Waals surface area contributed by atoms with Crippen LogP contribution in [0.15, 0.2) is 23.1 Å². The Labute approximate surface area is 120 Å². The molecule has 0 spiro atoms. The number of nitrogens with two attached hydrogens (primary N) is 1. The van der Waals surface area contributed by atoms with E-state index in [1.165, 1.54) is 13.2 Å². The third-order valence-electron chi connectivity index (χ3n) is 2.55. The normalized spacial score (nSPS) is 12.7. The first kappa shape index (κ1) is 17.5. The van der Waals surface area contributed by atoms with Crippen LogP contribution >= 0.6 is 0 Å². The molecule has 0 aliphatic rings. The first-order valence-corrected chi connectivity index (χ1v) is 7.17. The first-order chi connectivity index (χ1) is 9.61. The smallest absolute Gasteiger partial charge is 0.402 e. The summed E-state index contributed by atoms with van der Waals surface area (Å²) in [6, 6.07) is 3.33. The third-order valence-corrected chi connectivity index (χ3v) is 4.39. The lowest BCUT2D eigenvalue weighted by molar-refractivity contribution is -0.136. The maximum Gasteiger partial charge on any atom is 0.402 e. The molecule has 0 radical (unpaired) electrons. The van der Waals surface area contributed by atoms with E-state index >= 15 is 0 Å². The maximum atomic E-state index is 12.5. The number of halogens is 3. The van der Waals surface area contributed by atoms with Crippen LogP contribution in [-0.2, 0) is 10.0 Å². The van der Waals surface area contributed by atoms with Crippen LogP contribution in [0.3, 0.4) is 0 Å². The van der Waals surface area contributed by atoms with Gasteiger partial charge in [0.1, 0.15) is 12.3 Å². The summed E-state index contributed by atoms with van der Waals surface area (Å²) >= 11 is 0. The zero-order valence-electron chi connectivity index (χ0n) is 11.1. The SMILES string of the molecule is COc1cc(S(=O)(=O)N(CCO)CC(F)(F)F)ccc1N. The number of anilines is 1. The van der Waals surface area contributed by atoms with Crippen molar-refractivity contribution < 1.29 is 31.4 Å². The fourth-order valence-corrected chi connectivity index (χ4v) is 3.03. The Hall–Kier alpha value is -1.52. The molecule has 0 fully saturated rings. The van der Waals surface area contributed by atoms with Crippen LogP contribution in [0, 0.1) is 0 Å². The number of nitrogen functional groups attached to an aromatic ring is 1. The van der Waals surface area contributed by atoms with Gasteiger partial charge in [-0.2, -0.15) is 17.5 Å². The van der Waals surface area contributed by atoms with Gasteiger partial charge in [-0.15, -0.1) is 0 Å². The number of methoxy groups -OCH3 is 1. The highest BCUT2D eigenvalue weighted by Gasteiger charge is 2.37. The van der Waals surface area contributed by atoms with Gasteiger partial charge in [-0.1, -0.05) is 0 Å². The van der Waals surface area contributed by atoms with Crippen molar-refractivity contribution in [3.8, 4) is 5.75 Å². The van der Waals surface area contributed by atoms with Crippen molar-refractivity contribution >= 4 is 15.7 Å². The quantitative estimate of drug-likeness (QED) is 0.754. The molecule has 0 bridgehead atoms. The fraction of sp³-hybridized carbons (Fsp3) is 0.455. The topological polar surface area (TPSA) is 92.9 Å². The molecule has 0 atom stereocenters. The molecule has 0 aromatic heterocycles. The summed E-state index contributed by atoms with van der Waals surface area (Å²) in [6.45, 7) is -3.10. The van der Waals surface area contributed by atoms with Gasteiger partial charge in [-0.25, -0.2) is 8.42 Å². The molecule has 0 aliphatic carbocycles. The minimum absolute atomic E-state index is 0.0343. The van der Waals surface area contributed by atoms with Crippen LogP contribution in [-0.4, -0.2) is 50.8 Å². The summed E-state index contributed by atoms with van der Waals surface area (Å²) in [5.41, 5.74) is 5.68. The van der Waals surface area contributed by atoms with E-state index in [0.29, 0.717) is 0 Å². The lowest BCUT2D eigenvalue weighted by Crippen LogP contribution is -2.40. The predicted molar refractivity (Wildman–Crippen MR) is 69.3 cm³/mol. The third kappa shape index (κ3) is 4.48. The van der Waals surface area contributed by atoms with Crippen molar-refractivity contribution in [3.05, 3.63) is 18.2 Å². The second-order valence-electron chi connectivity index (χ2n) is 4.08. The van der Waals surface area contributed by atoms with E-state index in [2.05, 4.69) is 0 Å². The molecule has 1 rings (SSSR count). The van der Waals surface area contributed by atoms with E-state index in [0.717, 1.165) is 12.1 Å². The first-order valence-electron chi connectivity index (χ1n) is 5.73. The van der Waals surface area contributed by atoms with Crippen LogP contribution in [0.5, 0.6) is 5.75 Å². The summed E-state index contributed by atoms with van der Waals surface area (Å²) in [5, 5.41) is 8.77. The minimum atomic E-state index is -4.72. The molecule has 10 heteroatoms. The monoisotopic (exact) mass is 328 g/mol. The second-order valence-corrected chi connectivity index (χ2v) is 6.02. The Morgan fingerprint density at radius 3 is 2.48 bits per heavy atom. The number of benzene rings is 1. The Balaban J connectivity index is 3.22. The van der Waals surface area contributed by atoms with Gasteiger partial charge < -0.3 is 15.6 Å². The average Bonchev–Trinajstić information content (AvgIpc) is 2.37. The number of hydrogen-bond donors (Lipinski definition) is 2. The average molecular weight is 328 g/mol. The molecular formula is C11H15F3N2O4S. The molecule has 6 nitrogen and oxygen atoms in total. The molecule has 0 unspecified atom stereocenters. The largest absolute Gasteiger partial charge is 0.495 e. The maximum absolute atomic E-state index is 12.5. The molecular weight excluding hydrogens is 313 g/mol. The standard InChI is InChI=1S/C11H15F3N2O4S/c1-20-10-6-8(2-3-9(10)15)21(18,19)16(4-5-17)7-11(12,13)14/h2-3,6,17H,4-5,7,15H2,1H3. The molecule has 0 aliphatic heterocycles. The Morgan fingerprint density at radius 1 is 1.38 bits per heavy atom. The van der Waals surface area contributed by atoms with Crippen molar-refractivity contribution in [1.29, 1.82) is 0 Å². The predicted octanol–water partition coefficient (Wildman–Crippen LogP) is 0.823. The van der Waals surface area contributed by atoms with Gasteiger partial charge in [0.2, 0.25) is 10.0 Å². The highest BCUT2D eigenvalue weighted by atomic mass is 32.2. The van der Waals surface area contributed by atoms with Crippen molar-refractivity contribution in [2.75, 3.05) is 32.5 Å².